The summed E-state index contributed by atoms with van der Waals surface area (Å²) in [5, 5.41) is 10.2. The molecule has 0 bridgehead atoms. The normalized spacial score (nSPS) is 13.8. The molecule has 50 valence electrons. The first-order valence-electron chi connectivity index (χ1n) is 1.86. The van der Waals surface area contributed by atoms with E-state index in [4.69, 9.17) is 10.3 Å². The van der Waals surface area contributed by atoms with Gasteiger partial charge in [-0.2, -0.15) is 0 Å². The molecule has 0 radical (unpaired) electrons. The SMILES string of the molecule is N[SH]=CNNC=[SH]N. The van der Waals surface area contributed by atoms with Crippen LogP contribution in [0.15, 0.2) is 0 Å². The first-order chi connectivity index (χ1) is 3.91. The van der Waals surface area contributed by atoms with E-state index in [-0.39, 0.29) is 0 Å². The Labute approximate surface area is 55.8 Å². The van der Waals surface area contributed by atoms with Crippen LogP contribution in [-0.2, 0) is 0 Å². The van der Waals surface area contributed by atoms with Crippen LogP contribution < -0.4 is 21.1 Å². The number of nitrogens with one attached hydrogen (secondary N) is 2. The van der Waals surface area contributed by atoms with E-state index in [2.05, 4.69) is 10.9 Å². The fourth-order valence-corrected chi connectivity index (χ4v) is 0.447. The Morgan fingerprint density at radius 1 is 1.00 bits per heavy atom. The lowest BCUT2D eigenvalue weighted by Gasteiger charge is -1.89. The molecule has 0 aromatic rings. The highest BCUT2D eigenvalue weighted by Gasteiger charge is 1.62. The predicted octanol–water partition coefficient (Wildman–Crippen LogP) is -1.72. The zero-order valence-corrected chi connectivity index (χ0v) is 5.99. The minimum absolute atomic E-state index is 0.698. The Morgan fingerprint density at radius 2 is 1.38 bits per heavy atom. The molecule has 0 amide bonds. The van der Waals surface area contributed by atoms with Crippen molar-refractivity contribution >= 4 is 34.1 Å². The highest BCUT2D eigenvalue weighted by molar-refractivity contribution is 7.95. The summed E-state index contributed by atoms with van der Waals surface area (Å²) in [6.07, 6.45) is 0. The Hall–Kier alpha value is 0.280. The molecule has 6 N–H and O–H groups in total. The molecule has 0 aliphatic carbocycles. The van der Waals surface area contributed by atoms with Gasteiger partial charge in [0, 0.05) is 11.0 Å². The molecule has 4 nitrogen and oxygen atoms in total. The maximum atomic E-state index is 5.08. The zero-order chi connectivity index (χ0) is 6.24. The Bertz CT molecular complexity index is 78.0. The van der Waals surface area contributed by atoms with Gasteiger partial charge in [0.25, 0.3) is 0 Å². The van der Waals surface area contributed by atoms with Crippen LogP contribution >= 0.6 is 23.1 Å². The van der Waals surface area contributed by atoms with Gasteiger partial charge in [0.2, 0.25) is 0 Å². The van der Waals surface area contributed by atoms with Gasteiger partial charge in [-0.3, -0.25) is 10.3 Å². The van der Waals surface area contributed by atoms with E-state index in [0.717, 1.165) is 0 Å². The van der Waals surface area contributed by atoms with Gasteiger partial charge in [0.15, 0.2) is 0 Å². The summed E-state index contributed by atoms with van der Waals surface area (Å²) in [5.41, 5.74) is 8.67. The number of hydrazine groups is 1. The third-order valence-corrected chi connectivity index (χ3v) is 0.918. The summed E-state index contributed by atoms with van der Waals surface area (Å²) in [7, 11) is 0. The number of rotatable bonds is 3. The van der Waals surface area contributed by atoms with Gasteiger partial charge in [-0.25, -0.2) is 10.9 Å². The first kappa shape index (κ1) is 8.28. The van der Waals surface area contributed by atoms with Crippen molar-refractivity contribution in [3.63, 3.8) is 0 Å². The van der Waals surface area contributed by atoms with Gasteiger partial charge in [-0.05, 0) is 0 Å². The second-order valence-corrected chi connectivity index (χ2v) is 1.96. The molecule has 0 aliphatic heterocycles. The molecule has 6 heteroatoms. The van der Waals surface area contributed by atoms with Crippen LogP contribution in [0, 0.1) is 0 Å². The number of hydrogen-bond acceptors (Lipinski definition) is 2. The van der Waals surface area contributed by atoms with Crippen LogP contribution in [0.3, 0.4) is 0 Å². The first-order valence-corrected chi connectivity index (χ1v) is 3.93. The topological polar surface area (TPSA) is 76.1 Å². The molecule has 0 atom stereocenters. The van der Waals surface area contributed by atoms with Crippen molar-refractivity contribution in [3.8, 4) is 0 Å². The smallest absolute Gasteiger partial charge is 0.0265 e. The summed E-state index contributed by atoms with van der Waals surface area (Å²) in [6.45, 7) is 0. The van der Waals surface area contributed by atoms with Crippen molar-refractivity contribution in [1.29, 1.82) is 0 Å². The molecular weight excluding hydrogens is 144 g/mol. The van der Waals surface area contributed by atoms with Gasteiger partial charge in [0.05, 0.1) is 0 Å². The van der Waals surface area contributed by atoms with Crippen molar-refractivity contribution in [1.82, 2.24) is 10.9 Å². The van der Waals surface area contributed by atoms with Gasteiger partial charge in [-0.15, -0.1) is 23.1 Å². The minimum atomic E-state index is 0.698. The fraction of sp³-hybridized carbons (Fsp3) is 0. The van der Waals surface area contributed by atoms with E-state index in [1.165, 1.54) is 0 Å². The van der Waals surface area contributed by atoms with Crippen LogP contribution in [0.2, 0.25) is 0 Å². The average Bonchev–Trinajstić information content (AvgIpc) is 1.81. The second-order valence-electron chi connectivity index (χ2n) is 0.845. The standard InChI is InChI=1S/C2H10N4S2/c3-7-1-5-6-2-8-4/h1-2,5-8H,3-4H2. The van der Waals surface area contributed by atoms with Crippen molar-refractivity contribution in [2.75, 3.05) is 0 Å². The largest absolute Gasteiger partial charge is 0.285 e. The maximum absolute atomic E-state index is 5.08. The van der Waals surface area contributed by atoms with Crippen molar-refractivity contribution in [3.05, 3.63) is 0 Å². The zero-order valence-electron chi connectivity index (χ0n) is 4.20. The molecule has 0 unspecified atom stereocenters. The third kappa shape index (κ3) is 6.28. The van der Waals surface area contributed by atoms with Crippen LogP contribution in [0.1, 0.15) is 0 Å². The molecule has 0 saturated heterocycles. The van der Waals surface area contributed by atoms with Crippen molar-refractivity contribution in [2.45, 2.75) is 0 Å². The molecule has 0 aliphatic rings. The molecule has 0 saturated carbocycles. The molecule has 0 aromatic heterocycles. The van der Waals surface area contributed by atoms with E-state index in [1.54, 1.807) is 11.0 Å². The minimum Gasteiger partial charge on any atom is -0.285 e. The van der Waals surface area contributed by atoms with Crippen molar-refractivity contribution in [2.24, 2.45) is 10.3 Å². The van der Waals surface area contributed by atoms with Crippen molar-refractivity contribution < 1.29 is 0 Å². The number of nitrogens with two attached hydrogens (primary N) is 2. The molecule has 0 rings (SSSR count). The van der Waals surface area contributed by atoms with Gasteiger partial charge in [0.1, 0.15) is 0 Å². The summed E-state index contributed by atoms with van der Waals surface area (Å²) in [4.78, 5) is 0. The van der Waals surface area contributed by atoms with Gasteiger partial charge >= 0.3 is 0 Å². The Morgan fingerprint density at radius 3 is 1.62 bits per heavy atom. The van der Waals surface area contributed by atoms with Gasteiger partial charge in [-0.1, -0.05) is 0 Å². The highest BCUT2D eigenvalue weighted by atomic mass is 32.1. The molecule has 0 heterocycles. The quantitative estimate of drug-likeness (QED) is 0.126. The van der Waals surface area contributed by atoms with E-state index >= 15 is 0 Å². The average molecular weight is 154 g/mol. The predicted molar refractivity (Wildman–Crippen MR) is 44.7 cm³/mol. The monoisotopic (exact) mass is 154 g/mol. The van der Waals surface area contributed by atoms with E-state index in [1.807, 2.05) is 0 Å². The fourth-order valence-electron chi connectivity index (χ4n) is 0.149. The Kier molecular flexibility index (Phi) is 7.53. The molecule has 8 heavy (non-hydrogen) atoms. The van der Waals surface area contributed by atoms with Crippen LogP contribution in [0.5, 0.6) is 0 Å². The highest BCUT2D eigenvalue weighted by Crippen LogP contribution is 1.54. The van der Waals surface area contributed by atoms with E-state index < -0.39 is 0 Å². The molecular formula is C2H10N4S2. The number of hydrogen-bond donors (Lipinski definition) is 6. The lowest BCUT2D eigenvalue weighted by atomic mass is 11.4. The van der Waals surface area contributed by atoms with Gasteiger partial charge < -0.3 is 0 Å². The lowest BCUT2D eigenvalue weighted by Crippen LogP contribution is -2.28. The summed E-state index contributed by atoms with van der Waals surface area (Å²) in [6, 6.07) is 0. The lowest BCUT2D eigenvalue weighted by molar-refractivity contribution is 0.923. The molecule has 0 aromatic carbocycles. The second kappa shape index (κ2) is 7.28. The van der Waals surface area contributed by atoms with Crippen LogP contribution in [-0.4, -0.2) is 11.0 Å². The Balaban J connectivity index is 2.93. The van der Waals surface area contributed by atoms with E-state index in [0.29, 0.717) is 23.1 Å². The van der Waals surface area contributed by atoms with Crippen LogP contribution in [0.4, 0.5) is 0 Å². The molecule has 0 spiro atoms. The third-order valence-electron chi connectivity index (χ3n) is 0.362. The summed E-state index contributed by atoms with van der Waals surface area (Å²) < 4.78 is 0. The summed E-state index contributed by atoms with van der Waals surface area (Å²) >= 11 is 1.40. The number of thiol groups is 2. The van der Waals surface area contributed by atoms with Crippen LogP contribution in [0.25, 0.3) is 0 Å². The van der Waals surface area contributed by atoms with E-state index in [9.17, 15) is 0 Å². The summed E-state index contributed by atoms with van der Waals surface area (Å²) in [5.74, 6) is 0. The maximum Gasteiger partial charge on any atom is 0.0265 e. The molecule has 0 fully saturated rings.